The van der Waals surface area contributed by atoms with Crippen LogP contribution in [0.5, 0.6) is 0 Å². The van der Waals surface area contributed by atoms with Gasteiger partial charge in [0.25, 0.3) is 0 Å². The Morgan fingerprint density at radius 1 is 0.735 bits per heavy atom. The molecule has 34 heavy (non-hydrogen) atoms. The van der Waals surface area contributed by atoms with Gasteiger partial charge >= 0.3 is 12.2 Å². The first-order valence-corrected chi connectivity index (χ1v) is 12.7. The van der Waals surface area contributed by atoms with Crippen molar-refractivity contribution in [2.75, 3.05) is 6.54 Å². The highest BCUT2D eigenvalue weighted by Crippen LogP contribution is 2.13. The van der Waals surface area contributed by atoms with Gasteiger partial charge in [0.05, 0.1) is 18.2 Å². The fourth-order valence-corrected chi connectivity index (χ4v) is 3.73. The molecule has 0 fully saturated rings. The molecule has 198 valence electrons. The highest BCUT2D eigenvalue weighted by molar-refractivity contribution is 5.93. The highest BCUT2D eigenvalue weighted by Gasteiger charge is 2.20. The standard InChI is InChI=1S/C24H46N4O6/c1-19(18-29)25-17-15-13-11-9-7-5-3-4-6-8-10-12-14-16-21(27-23(31)32)26-20(2)22(30)28-24(33)34/h18-21,25-27H,3-17H2,1-2H3,(H,28,30)(H,31,32)(H,33,34)/t19?,20-,21?/m0/s1. The average molecular weight is 487 g/mol. The molecule has 0 saturated heterocycles. The van der Waals surface area contributed by atoms with Gasteiger partial charge in [-0.2, -0.15) is 0 Å². The van der Waals surface area contributed by atoms with E-state index in [9.17, 15) is 19.2 Å². The Morgan fingerprint density at radius 3 is 1.65 bits per heavy atom. The van der Waals surface area contributed by atoms with Gasteiger partial charge in [-0.15, -0.1) is 0 Å². The molecular formula is C24H46N4O6. The molecular weight excluding hydrogens is 440 g/mol. The predicted molar refractivity (Wildman–Crippen MR) is 132 cm³/mol. The fraction of sp³-hybridized carbons (Fsp3) is 0.833. The van der Waals surface area contributed by atoms with E-state index in [0.29, 0.717) is 6.42 Å². The first-order valence-electron chi connectivity index (χ1n) is 12.7. The quantitative estimate of drug-likeness (QED) is 0.0762. The molecule has 0 aliphatic rings. The number of rotatable bonds is 22. The van der Waals surface area contributed by atoms with Crippen molar-refractivity contribution in [3.05, 3.63) is 0 Å². The van der Waals surface area contributed by atoms with Crippen molar-refractivity contribution in [1.29, 1.82) is 0 Å². The molecule has 0 aromatic carbocycles. The lowest BCUT2D eigenvalue weighted by Crippen LogP contribution is -2.53. The minimum atomic E-state index is -1.44. The topological polar surface area (TPSA) is 157 Å². The number of hydrogen-bond acceptors (Lipinski definition) is 6. The molecule has 0 radical (unpaired) electrons. The minimum Gasteiger partial charge on any atom is -0.465 e. The van der Waals surface area contributed by atoms with Gasteiger partial charge in [-0.05, 0) is 33.2 Å². The van der Waals surface area contributed by atoms with Gasteiger partial charge in [-0.25, -0.2) is 9.59 Å². The lowest BCUT2D eigenvalue weighted by atomic mass is 10.0. The van der Waals surface area contributed by atoms with Crippen molar-refractivity contribution in [3.63, 3.8) is 0 Å². The fourth-order valence-electron chi connectivity index (χ4n) is 3.73. The third kappa shape index (κ3) is 20.4. The van der Waals surface area contributed by atoms with Crippen LogP contribution in [0.15, 0.2) is 0 Å². The molecule has 3 amide bonds. The summed E-state index contributed by atoms with van der Waals surface area (Å²) >= 11 is 0. The summed E-state index contributed by atoms with van der Waals surface area (Å²) in [5, 5.41) is 27.7. The van der Waals surface area contributed by atoms with Crippen molar-refractivity contribution in [2.24, 2.45) is 0 Å². The van der Waals surface area contributed by atoms with E-state index in [1.807, 2.05) is 6.92 Å². The van der Waals surface area contributed by atoms with Crippen LogP contribution in [0.1, 0.15) is 104 Å². The van der Waals surface area contributed by atoms with Crippen molar-refractivity contribution in [1.82, 2.24) is 21.3 Å². The molecule has 0 heterocycles. The smallest absolute Gasteiger partial charge is 0.411 e. The molecule has 3 atom stereocenters. The predicted octanol–water partition coefficient (Wildman–Crippen LogP) is 3.99. The molecule has 0 rings (SSSR count). The molecule has 10 nitrogen and oxygen atoms in total. The lowest BCUT2D eigenvalue weighted by Gasteiger charge is -2.22. The van der Waals surface area contributed by atoms with Gasteiger partial charge in [0.15, 0.2) is 0 Å². The van der Waals surface area contributed by atoms with Gasteiger partial charge in [0, 0.05) is 0 Å². The third-order valence-corrected chi connectivity index (χ3v) is 5.71. The summed E-state index contributed by atoms with van der Waals surface area (Å²) in [4.78, 5) is 43.7. The number of amides is 3. The Kier molecular flexibility index (Phi) is 20.0. The first-order chi connectivity index (χ1) is 16.3. The number of carbonyl (C=O) groups is 4. The first kappa shape index (κ1) is 31.8. The van der Waals surface area contributed by atoms with Gasteiger partial charge in [0.2, 0.25) is 5.91 Å². The lowest BCUT2D eigenvalue weighted by molar-refractivity contribution is -0.122. The van der Waals surface area contributed by atoms with Crippen LogP contribution in [-0.4, -0.2) is 59.4 Å². The summed E-state index contributed by atoms with van der Waals surface area (Å²) < 4.78 is 0. The summed E-state index contributed by atoms with van der Waals surface area (Å²) in [6, 6.07) is -0.875. The maximum absolute atomic E-state index is 11.7. The zero-order valence-electron chi connectivity index (χ0n) is 20.9. The summed E-state index contributed by atoms with van der Waals surface area (Å²) in [5.74, 6) is -0.720. The summed E-state index contributed by atoms with van der Waals surface area (Å²) in [7, 11) is 0. The van der Waals surface area contributed by atoms with E-state index in [1.165, 1.54) is 58.3 Å². The van der Waals surface area contributed by atoms with Crippen LogP contribution in [-0.2, 0) is 9.59 Å². The van der Waals surface area contributed by atoms with Gasteiger partial charge < -0.3 is 25.6 Å². The summed E-state index contributed by atoms with van der Waals surface area (Å²) in [6.07, 6.45) is 13.4. The number of carboxylic acid groups (broad SMARTS) is 2. The Hall–Kier alpha value is -2.20. The zero-order chi connectivity index (χ0) is 25.6. The number of unbranched alkanes of at least 4 members (excludes halogenated alkanes) is 12. The van der Waals surface area contributed by atoms with Crippen molar-refractivity contribution < 1.29 is 29.4 Å². The van der Waals surface area contributed by atoms with E-state index < -0.39 is 30.3 Å². The van der Waals surface area contributed by atoms with Gasteiger partial charge in [0.1, 0.15) is 6.29 Å². The van der Waals surface area contributed by atoms with Crippen LogP contribution in [0.4, 0.5) is 9.59 Å². The highest BCUT2D eigenvalue weighted by atomic mass is 16.4. The normalized spacial score (nSPS) is 13.6. The van der Waals surface area contributed by atoms with Crippen LogP contribution < -0.4 is 21.3 Å². The molecule has 10 heteroatoms. The maximum Gasteiger partial charge on any atom is 0.411 e. The Morgan fingerprint density at radius 2 is 1.21 bits per heavy atom. The zero-order valence-corrected chi connectivity index (χ0v) is 20.9. The van der Waals surface area contributed by atoms with E-state index in [-0.39, 0.29) is 6.04 Å². The number of aldehydes is 1. The second-order valence-corrected chi connectivity index (χ2v) is 8.95. The largest absolute Gasteiger partial charge is 0.465 e. The maximum atomic E-state index is 11.7. The third-order valence-electron chi connectivity index (χ3n) is 5.71. The molecule has 0 bridgehead atoms. The summed E-state index contributed by atoms with van der Waals surface area (Å²) in [5.41, 5.74) is 0. The molecule has 0 saturated carbocycles. The monoisotopic (exact) mass is 486 g/mol. The summed E-state index contributed by atoms with van der Waals surface area (Å²) in [6.45, 7) is 4.28. The van der Waals surface area contributed by atoms with Crippen molar-refractivity contribution in [2.45, 2.75) is 122 Å². The average Bonchev–Trinajstić information content (AvgIpc) is 2.77. The van der Waals surface area contributed by atoms with Crippen LogP contribution in [0.3, 0.4) is 0 Å². The van der Waals surface area contributed by atoms with Gasteiger partial charge in [-0.3, -0.25) is 15.4 Å². The molecule has 0 aliphatic carbocycles. The second kappa shape index (κ2) is 21.3. The molecule has 0 aliphatic heterocycles. The van der Waals surface area contributed by atoms with Crippen LogP contribution in [0.25, 0.3) is 0 Å². The number of nitrogens with one attached hydrogen (secondary N) is 4. The van der Waals surface area contributed by atoms with Crippen molar-refractivity contribution >= 4 is 24.4 Å². The molecule has 0 aromatic heterocycles. The SMILES string of the molecule is CC(C=O)NCCCCCCCCCCCCCCCC(NC(=O)O)N[C@@H](C)C(=O)NC(=O)O. The van der Waals surface area contributed by atoms with Gasteiger partial charge in [-0.1, -0.05) is 77.0 Å². The van der Waals surface area contributed by atoms with E-state index >= 15 is 0 Å². The van der Waals surface area contributed by atoms with E-state index in [0.717, 1.165) is 44.9 Å². The molecule has 0 aromatic rings. The van der Waals surface area contributed by atoms with Crippen LogP contribution in [0, 0.1) is 0 Å². The molecule has 0 spiro atoms. The second-order valence-electron chi connectivity index (χ2n) is 8.95. The Bertz CT molecular complexity index is 576. The van der Waals surface area contributed by atoms with Crippen LogP contribution in [0.2, 0.25) is 0 Å². The minimum absolute atomic E-state index is 0.0433. The van der Waals surface area contributed by atoms with E-state index in [2.05, 4.69) is 16.0 Å². The van der Waals surface area contributed by atoms with Crippen LogP contribution >= 0.6 is 0 Å². The number of carbonyl (C=O) groups excluding carboxylic acids is 2. The Labute approximate surface area is 204 Å². The van der Waals surface area contributed by atoms with Crippen molar-refractivity contribution in [3.8, 4) is 0 Å². The Balaban J connectivity index is 3.65. The van der Waals surface area contributed by atoms with E-state index in [1.54, 1.807) is 5.32 Å². The number of imide groups is 1. The molecule has 2 unspecified atom stereocenters. The number of hydrogen-bond donors (Lipinski definition) is 6. The van der Waals surface area contributed by atoms with E-state index in [4.69, 9.17) is 10.2 Å². The molecule has 6 N–H and O–H groups in total.